The molecular formula is C26H28N10O2. The van der Waals surface area contributed by atoms with Crippen LogP contribution in [-0.4, -0.2) is 84.0 Å². The first-order valence-corrected chi connectivity index (χ1v) is 13.0. The van der Waals surface area contributed by atoms with E-state index in [0.717, 1.165) is 37.3 Å². The van der Waals surface area contributed by atoms with E-state index in [4.69, 9.17) is 4.42 Å². The van der Waals surface area contributed by atoms with E-state index in [0.29, 0.717) is 42.8 Å². The van der Waals surface area contributed by atoms with Crippen LogP contribution in [0.2, 0.25) is 0 Å². The molecule has 1 fully saturated rings. The fourth-order valence-corrected chi connectivity index (χ4v) is 5.60. The highest BCUT2D eigenvalue weighted by atomic mass is 16.4. The first kappa shape index (κ1) is 23.0. The summed E-state index contributed by atoms with van der Waals surface area (Å²) in [7, 11) is 2.17. The van der Waals surface area contributed by atoms with Gasteiger partial charge in [0.2, 0.25) is 17.7 Å². The number of H-pyrrole nitrogens is 1. The number of fused-ring (bicyclic) bond motifs is 2. The van der Waals surface area contributed by atoms with Crippen LogP contribution in [0.5, 0.6) is 0 Å². The number of hydrogen-bond donors (Lipinski definition) is 2. The van der Waals surface area contributed by atoms with Gasteiger partial charge < -0.3 is 19.5 Å². The van der Waals surface area contributed by atoms with Crippen molar-refractivity contribution in [3.8, 4) is 11.5 Å². The monoisotopic (exact) mass is 512 g/mol. The molecular weight excluding hydrogens is 484 g/mol. The van der Waals surface area contributed by atoms with Gasteiger partial charge in [0, 0.05) is 50.4 Å². The van der Waals surface area contributed by atoms with E-state index in [2.05, 4.69) is 71.0 Å². The predicted octanol–water partition coefficient (Wildman–Crippen LogP) is 1.38. The second-order valence-corrected chi connectivity index (χ2v) is 10.5. The summed E-state index contributed by atoms with van der Waals surface area (Å²) in [6, 6.07) is 7.21. The van der Waals surface area contributed by atoms with Gasteiger partial charge in [-0.25, -0.2) is 9.97 Å². The maximum absolute atomic E-state index is 12.7. The summed E-state index contributed by atoms with van der Waals surface area (Å²) >= 11 is 0. The number of carbonyl (C=O) groups is 1. The Hall–Kier alpha value is -4.19. The van der Waals surface area contributed by atoms with Crippen molar-refractivity contribution in [1.29, 1.82) is 0 Å². The van der Waals surface area contributed by atoms with Crippen LogP contribution in [0.25, 0.3) is 11.5 Å². The summed E-state index contributed by atoms with van der Waals surface area (Å²) < 4.78 is 5.75. The number of nitrogens with one attached hydrogen (secondary N) is 2. The molecule has 5 heterocycles. The maximum Gasteiger partial charge on any atom is 0.250 e. The van der Waals surface area contributed by atoms with Crippen LogP contribution in [0.4, 0.5) is 5.95 Å². The van der Waals surface area contributed by atoms with Crippen LogP contribution < -0.4 is 5.32 Å². The third-order valence-electron chi connectivity index (χ3n) is 7.71. The second kappa shape index (κ2) is 9.28. The zero-order chi connectivity index (χ0) is 25.6. The zero-order valence-corrected chi connectivity index (χ0v) is 21.1. The molecule has 0 radical (unpaired) electrons. The minimum atomic E-state index is -0.0886. The maximum atomic E-state index is 12.7. The smallest absolute Gasteiger partial charge is 0.250 e. The van der Waals surface area contributed by atoms with Crippen molar-refractivity contribution in [2.24, 2.45) is 0 Å². The Balaban J connectivity index is 0.950. The summed E-state index contributed by atoms with van der Waals surface area (Å²) in [4.78, 5) is 25.7. The van der Waals surface area contributed by atoms with Gasteiger partial charge >= 0.3 is 0 Å². The fourth-order valence-electron chi connectivity index (χ4n) is 5.60. The Morgan fingerprint density at radius 1 is 1.11 bits per heavy atom. The lowest BCUT2D eigenvalue weighted by Crippen LogP contribution is -2.41. The lowest BCUT2D eigenvalue weighted by atomic mass is 9.90. The van der Waals surface area contributed by atoms with Crippen molar-refractivity contribution < 1.29 is 9.21 Å². The number of likely N-dealkylation sites (N-methyl/N-ethyl adjacent to an activating group) is 1. The highest BCUT2D eigenvalue weighted by Crippen LogP contribution is 2.31. The van der Waals surface area contributed by atoms with Crippen molar-refractivity contribution in [3.05, 3.63) is 64.6 Å². The van der Waals surface area contributed by atoms with E-state index in [-0.39, 0.29) is 24.3 Å². The molecule has 4 aromatic rings. The normalized spacial score (nSPS) is 19.2. The van der Waals surface area contributed by atoms with E-state index in [1.807, 2.05) is 0 Å². The Morgan fingerprint density at radius 2 is 1.92 bits per heavy atom. The zero-order valence-electron chi connectivity index (χ0n) is 21.1. The SMILES string of the molecule is CN1CC(c2ccc3c(c2)CC(Nc2ncc(-c4nnc(CC(=O)N5CCc6n[nH]nc6C5)o4)cn2)C3)C1. The summed E-state index contributed by atoms with van der Waals surface area (Å²) in [5.74, 6) is 1.69. The average molecular weight is 513 g/mol. The van der Waals surface area contributed by atoms with E-state index in [1.54, 1.807) is 17.3 Å². The molecule has 12 nitrogen and oxygen atoms in total. The minimum Gasteiger partial charge on any atom is -0.420 e. The van der Waals surface area contributed by atoms with Crippen LogP contribution in [0.15, 0.2) is 35.0 Å². The third-order valence-corrected chi connectivity index (χ3v) is 7.71. The molecule has 1 unspecified atom stereocenters. The molecule has 3 aromatic heterocycles. The van der Waals surface area contributed by atoms with Gasteiger partial charge in [-0.05, 0) is 36.6 Å². The number of amides is 1. The van der Waals surface area contributed by atoms with Gasteiger partial charge in [-0.3, -0.25) is 4.79 Å². The summed E-state index contributed by atoms with van der Waals surface area (Å²) in [5.41, 5.74) is 6.59. The van der Waals surface area contributed by atoms with Gasteiger partial charge in [0.25, 0.3) is 5.89 Å². The van der Waals surface area contributed by atoms with Crippen molar-refractivity contribution >= 4 is 11.9 Å². The molecule has 3 aliphatic rings. The van der Waals surface area contributed by atoms with Crippen LogP contribution in [0.1, 0.15) is 39.9 Å². The fraction of sp³-hybridized carbons (Fsp3) is 0.423. The first-order chi connectivity index (χ1) is 18.6. The van der Waals surface area contributed by atoms with Gasteiger partial charge in [-0.15, -0.1) is 10.2 Å². The van der Waals surface area contributed by atoms with Crippen molar-refractivity contribution in [1.82, 2.24) is 45.4 Å². The number of nitrogens with zero attached hydrogens (tertiary/aromatic N) is 8. The highest BCUT2D eigenvalue weighted by molar-refractivity contribution is 5.78. The molecule has 12 heteroatoms. The minimum absolute atomic E-state index is 0.0298. The number of aromatic amines is 1. The third kappa shape index (κ3) is 4.40. The molecule has 1 aliphatic carbocycles. The number of anilines is 1. The van der Waals surface area contributed by atoms with Crippen molar-refractivity contribution in [2.45, 2.75) is 44.2 Å². The largest absolute Gasteiger partial charge is 0.420 e. The van der Waals surface area contributed by atoms with E-state index >= 15 is 0 Å². The van der Waals surface area contributed by atoms with Gasteiger partial charge in [0.05, 0.1) is 17.8 Å². The molecule has 1 saturated heterocycles. The van der Waals surface area contributed by atoms with E-state index < -0.39 is 0 Å². The van der Waals surface area contributed by atoms with Gasteiger partial charge in [0.1, 0.15) is 12.1 Å². The number of likely N-dealkylation sites (tertiary alicyclic amines) is 1. The molecule has 7 rings (SSSR count). The number of carbonyl (C=O) groups excluding carboxylic acids is 1. The van der Waals surface area contributed by atoms with Gasteiger partial charge in [-0.1, -0.05) is 18.2 Å². The number of benzene rings is 1. The molecule has 1 aromatic carbocycles. The Kier molecular flexibility index (Phi) is 5.61. The van der Waals surface area contributed by atoms with Crippen LogP contribution in [0, 0.1) is 0 Å². The number of aromatic nitrogens is 7. The number of rotatable bonds is 6. The van der Waals surface area contributed by atoms with Crippen LogP contribution in [-0.2, 0) is 37.0 Å². The Morgan fingerprint density at radius 3 is 2.76 bits per heavy atom. The second-order valence-electron chi connectivity index (χ2n) is 10.5. The van der Waals surface area contributed by atoms with Gasteiger partial charge in [0.15, 0.2) is 0 Å². The Labute approximate surface area is 218 Å². The first-order valence-electron chi connectivity index (χ1n) is 13.0. The molecule has 1 amide bonds. The topological polar surface area (TPSA) is 142 Å². The molecule has 194 valence electrons. The molecule has 0 spiro atoms. The molecule has 0 bridgehead atoms. The predicted molar refractivity (Wildman–Crippen MR) is 136 cm³/mol. The summed E-state index contributed by atoms with van der Waals surface area (Å²) in [5, 5.41) is 22.4. The van der Waals surface area contributed by atoms with E-state index in [9.17, 15) is 4.79 Å². The lowest BCUT2D eigenvalue weighted by molar-refractivity contribution is -0.131. The van der Waals surface area contributed by atoms with E-state index in [1.165, 1.54) is 16.7 Å². The Bertz CT molecular complexity index is 1470. The van der Waals surface area contributed by atoms with Gasteiger partial charge in [-0.2, -0.15) is 15.4 Å². The highest BCUT2D eigenvalue weighted by Gasteiger charge is 2.28. The molecule has 2 N–H and O–H groups in total. The lowest BCUT2D eigenvalue weighted by Gasteiger charge is -2.36. The summed E-state index contributed by atoms with van der Waals surface area (Å²) in [6.45, 7) is 3.30. The number of hydrogen-bond acceptors (Lipinski definition) is 10. The van der Waals surface area contributed by atoms with Crippen LogP contribution >= 0.6 is 0 Å². The molecule has 38 heavy (non-hydrogen) atoms. The van der Waals surface area contributed by atoms with Crippen LogP contribution in [0.3, 0.4) is 0 Å². The quantitative estimate of drug-likeness (QED) is 0.389. The van der Waals surface area contributed by atoms with Crippen molar-refractivity contribution in [3.63, 3.8) is 0 Å². The molecule has 1 atom stereocenters. The summed E-state index contributed by atoms with van der Waals surface area (Å²) in [6.07, 6.45) is 5.96. The molecule has 0 saturated carbocycles. The molecule has 2 aliphatic heterocycles. The average Bonchev–Trinajstić information content (AvgIpc) is 3.66. The standard InChI is InChI=1S/C26H28N10O2/c1-35-12-19(13-35)15-2-3-16-7-20(8-17(16)6-15)29-26-27-10-18(11-28-26)25-33-32-23(38-25)9-24(37)36-5-4-21-22(14-36)31-34-30-21/h2-3,6,10-11,19-20H,4-5,7-9,12-14H2,1H3,(H,27,28,29)(H,30,31,34). The van der Waals surface area contributed by atoms with Crippen molar-refractivity contribution in [2.75, 3.05) is 32.0 Å².